The predicted octanol–water partition coefficient (Wildman–Crippen LogP) is 5.78. The molecule has 10 heteroatoms. The van der Waals surface area contributed by atoms with Gasteiger partial charge in [0.25, 0.3) is 11.5 Å². The summed E-state index contributed by atoms with van der Waals surface area (Å²) in [6.45, 7) is 0. The fraction of sp³-hybridized carbons (Fsp3) is 0. The van der Waals surface area contributed by atoms with E-state index in [4.69, 9.17) is 11.6 Å². The summed E-state index contributed by atoms with van der Waals surface area (Å²) in [5.41, 5.74) is 1.36. The molecule has 0 radical (unpaired) electrons. The lowest BCUT2D eigenvalue weighted by atomic mass is 10.1. The Balaban J connectivity index is 1.62. The summed E-state index contributed by atoms with van der Waals surface area (Å²) in [6.07, 6.45) is 0. The van der Waals surface area contributed by atoms with Crippen molar-refractivity contribution in [2.75, 3.05) is 10.6 Å². The highest BCUT2D eigenvalue weighted by Gasteiger charge is 2.15. The Morgan fingerprint density at radius 1 is 1.09 bits per heavy atom. The smallest absolute Gasteiger partial charge is 0.270 e. The van der Waals surface area contributed by atoms with Crippen molar-refractivity contribution in [1.29, 1.82) is 5.26 Å². The fourth-order valence-corrected chi connectivity index (χ4v) is 4.44. The van der Waals surface area contributed by atoms with Gasteiger partial charge in [-0.25, -0.2) is 4.98 Å². The molecular weight excluding hydrogens is 514 g/mol. The van der Waals surface area contributed by atoms with Crippen LogP contribution in [-0.2, 0) is 0 Å². The van der Waals surface area contributed by atoms with E-state index in [1.54, 1.807) is 54.6 Å². The van der Waals surface area contributed by atoms with Gasteiger partial charge < -0.3 is 10.6 Å². The second kappa shape index (κ2) is 9.36. The number of aromatic nitrogens is 2. The van der Waals surface area contributed by atoms with E-state index in [0.29, 0.717) is 26.8 Å². The van der Waals surface area contributed by atoms with E-state index < -0.39 is 5.56 Å². The number of carbonyl (C=O) groups is 1. The summed E-state index contributed by atoms with van der Waals surface area (Å²) >= 11 is 10.6. The number of thiophene rings is 1. The molecule has 32 heavy (non-hydrogen) atoms. The van der Waals surface area contributed by atoms with E-state index in [0.717, 1.165) is 4.47 Å². The lowest BCUT2D eigenvalue weighted by molar-refractivity contribution is 0.103. The van der Waals surface area contributed by atoms with Crippen molar-refractivity contribution >= 4 is 62.1 Å². The molecule has 0 unspecified atom stereocenters. The molecule has 0 saturated heterocycles. The maximum atomic E-state index is 12.4. The van der Waals surface area contributed by atoms with Crippen LogP contribution in [0.3, 0.4) is 0 Å². The number of amides is 1. The number of rotatable bonds is 5. The third kappa shape index (κ3) is 4.73. The zero-order valence-electron chi connectivity index (χ0n) is 16.1. The molecule has 2 aromatic heterocycles. The van der Waals surface area contributed by atoms with Crippen LogP contribution >= 0.6 is 38.9 Å². The first-order chi connectivity index (χ1) is 15.4. The molecule has 7 nitrogen and oxygen atoms in total. The third-order valence-electron chi connectivity index (χ3n) is 4.38. The van der Waals surface area contributed by atoms with Crippen LogP contribution in [-0.4, -0.2) is 15.9 Å². The van der Waals surface area contributed by atoms with Gasteiger partial charge in [-0.1, -0.05) is 23.7 Å². The SMILES string of the molecule is N#Cc1c(-c2ccc(NC(=O)c3sccc3Br)cc2)nc(Nc2ccc(Cl)cc2)[nH]c1=O. The third-order valence-corrected chi connectivity index (χ3v) is 6.47. The minimum Gasteiger partial charge on any atom is -0.326 e. The van der Waals surface area contributed by atoms with Crippen molar-refractivity contribution in [3.8, 4) is 17.3 Å². The predicted molar refractivity (Wildman–Crippen MR) is 130 cm³/mol. The Labute approximate surface area is 199 Å². The van der Waals surface area contributed by atoms with Crippen molar-refractivity contribution in [1.82, 2.24) is 9.97 Å². The van der Waals surface area contributed by atoms with Gasteiger partial charge in [-0.3, -0.25) is 14.6 Å². The monoisotopic (exact) mass is 525 g/mol. The van der Waals surface area contributed by atoms with Crippen LogP contribution in [0.15, 0.2) is 69.2 Å². The van der Waals surface area contributed by atoms with E-state index in [2.05, 4.69) is 36.5 Å². The van der Waals surface area contributed by atoms with Crippen LogP contribution in [0.2, 0.25) is 5.02 Å². The number of anilines is 3. The van der Waals surface area contributed by atoms with E-state index in [9.17, 15) is 14.9 Å². The molecule has 0 atom stereocenters. The molecule has 0 fully saturated rings. The molecule has 0 spiro atoms. The number of benzene rings is 2. The number of nitriles is 1. The van der Waals surface area contributed by atoms with Crippen LogP contribution in [0, 0.1) is 11.3 Å². The van der Waals surface area contributed by atoms with Crippen molar-refractivity contribution in [2.24, 2.45) is 0 Å². The average Bonchev–Trinajstić information content (AvgIpc) is 3.21. The van der Waals surface area contributed by atoms with E-state index in [1.807, 2.05) is 11.4 Å². The zero-order chi connectivity index (χ0) is 22.7. The molecule has 1 amide bonds. The van der Waals surface area contributed by atoms with Crippen LogP contribution in [0.1, 0.15) is 15.2 Å². The lowest BCUT2D eigenvalue weighted by Crippen LogP contribution is -2.16. The minimum absolute atomic E-state index is 0.106. The van der Waals surface area contributed by atoms with Gasteiger partial charge >= 0.3 is 0 Å². The number of hydrogen-bond acceptors (Lipinski definition) is 6. The number of halogens is 2. The van der Waals surface area contributed by atoms with Crippen LogP contribution in [0.25, 0.3) is 11.3 Å². The number of hydrogen-bond donors (Lipinski definition) is 3. The summed E-state index contributed by atoms with van der Waals surface area (Å²) in [4.78, 5) is 32.4. The number of aromatic amines is 1. The van der Waals surface area contributed by atoms with Gasteiger partial charge in [0, 0.05) is 26.4 Å². The summed E-state index contributed by atoms with van der Waals surface area (Å²) in [6, 6.07) is 17.3. The Morgan fingerprint density at radius 2 is 1.78 bits per heavy atom. The van der Waals surface area contributed by atoms with Gasteiger partial charge in [0.1, 0.15) is 16.5 Å². The van der Waals surface area contributed by atoms with Crippen LogP contribution in [0.5, 0.6) is 0 Å². The fourth-order valence-electron chi connectivity index (χ4n) is 2.87. The Bertz CT molecular complexity index is 1390. The lowest BCUT2D eigenvalue weighted by Gasteiger charge is -2.10. The van der Waals surface area contributed by atoms with Crippen LogP contribution < -0.4 is 16.2 Å². The molecule has 0 aliphatic heterocycles. The van der Waals surface area contributed by atoms with Gasteiger partial charge in [-0.05, 0) is 63.8 Å². The van der Waals surface area contributed by atoms with Crippen molar-refractivity contribution < 1.29 is 4.79 Å². The first-order valence-electron chi connectivity index (χ1n) is 9.16. The molecule has 3 N–H and O–H groups in total. The largest absolute Gasteiger partial charge is 0.326 e. The molecule has 0 aliphatic rings. The summed E-state index contributed by atoms with van der Waals surface area (Å²) in [5.74, 6) is -0.0488. The second-order valence-corrected chi connectivity index (χ2v) is 8.72. The summed E-state index contributed by atoms with van der Waals surface area (Å²) < 4.78 is 0.726. The molecule has 2 aromatic carbocycles. The highest BCUT2D eigenvalue weighted by Crippen LogP contribution is 2.26. The van der Waals surface area contributed by atoms with Gasteiger partial charge in [0.2, 0.25) is 5.95 Å². The highest BCUT2D eigenvalue weighted by molar-refractivity contribution is 9.10. The molecule has 0 saturated carbocycles. The first-order valence-corrected chi connectivity index (χ1v) is 11.2. The molecule has 0 aliphatic carbocycles. The van der Waals surface area contributed by atoms with Crippen molar-refractivity contribution in [3.05, 3.63) is 90.3 Å². The van der Waals surface area contributed by atoms with Gasteiger partial charge in [0.15, 0.2) is 0 Å². The topological polar surface area (TPSA) is 111 Å². The number of carbonyl (C=O) groups excluding carboxylic acids is 1. The first kappa shape index (κ1) is 21.8. The van der Waals surface area contributed by atoms with Crippen LogP contribution in [0.4, 0.5) is 17.3 Å². The van der Waals surface area contributed by atoms with Gasteiger partial charge in [-0.2, -0.15) is 5.26 Å². The quantitative estimate of drug-likeness (QED) is 0.305. The normalized spacial score (nSPS) is 10.4. The molecule has 4 aromatic rings. The second-order valence-electron chi connectivity index (χ2n) is 6.51. The maximum Gasteiger partial charge on any atom is 0.270 e. The summed E-state index contributed by atoms with van der Waals surface area (Å²) in [5, 5.41) is 17.7. The number of H-pyrrole nitrogens is 1. The highest BCUT2D eigenvalue weighted by atomic mass is 79.9. The standard InChI is InChI=1S/C22H13BrClN5O2S/c23-17-9-10-32-19(17)21(31)26-14-5-1-12(2-6-14)18-16(11-25)20(30)29-22(28-18)27-15-7-3-13(24)4-8-15/h1-10H,(H,26,31)(H2,27,28,29,30). The Hall–Kier alpha value is -3.45. The summed E-state index contributed by atoms with van der Waals surface area (Å²) in [7, 11) is 0. The van der Waals surface area contributed by atoms with E-state index >= 15 is 0 Å². The zero-order valence-corrected chi connectivity index (χ0v) is 19.3. The molecule has 2 heterocycles. The average molecular weight is 527 g/mol. The molecular formula is C22H13BrClN5O2S. The van der Waals surface area contributed by atoms with Crippen molar-refractivity contribution in [3.63, 3.8) is 0 Å². The minimum atomic E-state index is -0.561. The number of nitrogens with one attached hydrogen (secondary N) is 3. The molecule has 0 bridgehead atoms. The van der Waals surface area contributed by atoms with Gasteiger partial charge in [0.05, 0.1) is 5.69 Å². The van der Waals surface area contributed by atoms with Gasteiger partial charge in [-0.15, -0.1) is 11.3 Å². The van der Waals surface area contributed by atoms with Crippen molar-refractivity contribution in [2.45, 2.75) is 0 Å². The molecule has 4 rings (SSSR count). The molecule has 158 valence electrons. The Kier molecular flexibility index (Phi) is 6.37. The van der Waals surface area contributed by atoms with E-state index in [1.165, 1.54) is 11.3 Å². The van der Waals surface area contributed by atoms with E-state index in [-0.39, 0.29) is 23.1 Å². The maximum absolute atomic E-state index is 12.4. The number of nitrogens with zero attached hydrogens (tertiary/aromatic N) is 2. The Morgan fingerprint density at radius 3 is 2.41 bits per heavy atom.